The summed E-state index contributed by atoms with van der Waals surface area (Å²) in [5.74, 6) is -0.127. The summed E-state index contributed by atoms with van der Waals surface area (Å²) in [6.45, 7) is 4.40. The Morgan fingerprint density at radius 3 is 2.52 bits per heavy atom. The van der Waals surface area contributed by atoms with E-state index in [0.717, 1.165) is 18.4 Å². The first-order chi connectivity index (χ1) is 10.0. The zero-order chi connectivity index (χ0) is 15.9. The Kier molecular flexibility index (Phi) is 6.20. The zero-order valence-corrected chi connectivity index (χ0v) is 13.0. The summed E-state index contributed by atoms with van der Waals surface area (Å²) in [6.07, 6.45) is 6.10. The quantitative estimate of drug-likeness (QED) is 0.293. The number of hydrogen-bond acceptors (Lipinski definition) is 4. The molecule has 7 nitrogen and oxygen atoms in total. The third-order valence-electron chi connectivity index (χ3n) is 3.68. The van der Waals surface area contributed by atoms with E-state index >= 15 is 0 Å². The molecular weight excluding hydrogens is 270 g/mol. The molecule has 0 aliphatic heterocycles. The Hall–Kier alpha value is -2.05. The van der Waals surface area contributed by atoms with Crippen molar-refractivity contribution in [2.45, 2.75) is 46.1 Å². The molecule has 1 heterocycles. The standard InChI is InChI=1S/C14H25N5O2/c1-4-6-14(7-5-2,12(15)18-21)13(20)19(3)10-11-8-16-17-9-11/h8-9,21H,4-7,10H2,1-3H3,(H2,15,18)(H,16,17). The minimum absolute atomic E-state index is 0.00440. The van der Waals surface area contributed by atoms with Gasteiger partial charge in [-0.1, -0.05) is 31.8 Å². The Labute approximate surface area is 125 Å². The van der Waals surface area contributed by atoms with Gasteiger partial charge in [-0.05, 0) is 12.8 Å². The third-order valence-corrected chi connectivity index (χ3v) is 3.68. The van der Waals surface area contributed by atoms with Crippen molar-refractivity contribution in [1.29, 1.82) is 0 Å². The first-order valence-corrected chi connectivity index (χ1v) is 7.23. The molecule has 0 unspecified atom stereocenters. The van der Waals surface area contributed by atoms with Crippen LogP contribution in [0.4, 0.5) is 0 Å². The minimum atomic E-state index is -0.934. The van der Waals surface area contributed by atoms with Crippen molar-refractivity contribution in [3.8, 4) is 0 Å². The maximum absolute atomic E-state index is 12.9. The Morgan fingerprint density at radius 1 is 1.48 bits per heavy atom. The van der Waals surface area contributed by atoms with Crippen molar-refractivity contribution < 1.29 is 10.0 Å². The first kappa shape index (κ1) is 17.0. The van der Waals surface area contributed by atoms with Gasteiger partial charge in [-0.3, -0.25) is 9.89 Å². The molecule has 0 atom stereocenters. The molecule has 1 amide bonds. The summed E-state index contributed by atoms with van der Waals surface area (Å²) in [5, 5.41) is 18.8. The number of hydrogen-bond donors (Lipinski definition) is 3. The zero-order valence-electron chi connectivity index (χ0n) is 13.0. The van der Waals surface area contributed by atoms with Crippen LogP contribution in [0.25, 0.3) is 0 Å². The number of aromatic amines is 1. The van der Waals surface area contributed by atoms with Gasteiger partial charge in [0.25, 0.3) is 0 Å². The smallest absolute Gasteiger partial charge is 0.236 e. The van der Waals surface area contributed by atoms with E-state index in [0.29, 0.717) is 19.4 Å². The van der Waals surface area contributed by atoms with Gasteiger partial charge in [-0.2, -0.15) is 5.10 Å². The number of amides is 1. The second-order valence-electron chi connectivity index (χ2n) is 5.34. The molecule has 0 fully saturated rings. The molecule has 0 saturated heterocycles. The number of amidine groups is 1. The van der Waals surface area contributed by atoms with Gasteiger partial charge in [-0.15, -0.1) is 0 Å². The van der Waals surface area contributed by atoms with Crippen LogP contribution in [0, 0.1) is 5.41 Å². The predicted molar refractivity (Wildman–Crippen MR) is 80.7 cm³/mol. The van der Waals surface area contributed by atoms with Crippen molar-refractivity contribution in [3.63, 3.8) is 0 Å². The van der Waals surface area contributed by atoms with E-state index in [1.807, 2.05) is 13.8 Å². The summed E-state index contributed by atoms with van der Waals surface area (Å²) in [5.41, 5.74) is 5.85. The van der Waals surface area contributed by atoms with E-state index in [4.69, 9.17) is 10.9 Å². The van der Waals surface area contributed by atoms with Crippen LogP contribution in [-0.2, 0) is 11.3 Å². The van der Waals surface area contributed by atoms with E-state index in [1.54, 1.807) is 24.3 Å². The lowest BCUT2D eigenvalue weighted by Crippen LogP contribution is -2.50. The number of H-pyrrole nitrogens is 1. The molecule has 1 rings (SSSR count). The highest BCUT2D eigenvalue weighted by molar-refractivity contribution is 6.06. The highest BCUT2D eigenvalue weighted by Crippen LogP contribution is 2.33. The van der Waals surface area contributed by atoms with Gasteiger partial charge in [0.05, 0.1) is 6.20 Å². The van der Waals surface area contributed by atoms with Crippen molar-refractivity contribution in [2.75, 3.05) is 7.05 Å². The van der Waals surface area contributed by atoms with Crippen LogP contribution >= 0.6 is 0 Å². The highest BCUT2D eigenvalue weighted by Gasteiger charge is 2.43. The third kappa shape index (κ3) is 3.74. The van der Waals surface area contributed by atoms with Gasteiger partial charge < -0.3 is 15.8 Å². The highest BCUT2D eigenvalue weighted by atomic mass is 16.4. The van der Waals surface area contributed by atoms with Crippen LogP contribution in [0.1, 0.15) is 45.1 Å². The molecule has 0 saturated carbocycles. The van der Waals surface area contributed by atoms with Crippen LogP contribution in [-0.4, -0.2) is 39.1 Å². The fourth-order valence-electron chi connectivity index (χ4n) is 2.73. The molecule has 0 bridgehead atoms. The number of nitrogens with two attached hydrogens (primary N) is 1. The summed E-state index contributed by atoms with van der Waals surface area (Å²) in [7, 11) is 1.72. The second kappa shape index (κ2) is 7.66. The molecule has 0 radical (unpaired) electrons. The van der Waals surface area contributed by atoms with Crippen LogP contribution in [0.3, 0.4) is 0 Å². The monoisotopic (exact) mass is 295 g/mol. The fraction of sp³-hybridized carbons (Fsp3) is 0.643. The Morgan fingerprint density at radius 2 is 2.10 bits per heavy atom. The van der Waals surface area contributed by atoms with Crippen molar-refractivity contribution >= 4 is 11.7 Å². The summed E-state index contributed by atoms with van der Waals surface area (Å²) >= 11 is 0. The summed E-state index contributed by atoms with van der Waals surface area (Å²) in [4.78, 5) is 14.5. The minimum Gasteiger partial charge on any atom is -0.409 e. The van der Waals surface area contributed by atoms with Crippen molar-refractivity contribution in [1.82, 2.24) is 15.1 Å². The van der Waals surface area contributed by atoms with E-state index in [9.17, 15) is 4.79 Å². The Balaban J connectivity index is 3.02. The number of carbonyl (C=O) groups excluding carboxylic acids is 1. The lowest BCUT2D eigenvalue weighted by molar-refractivity contribution is -0.138. The topological polar surface area (TPSA) is 108 Å². The fourth-order valence-corrected chi connectivity index (χ4v) is 2.73. The van der Waals surface area contributed by atoms with E-state index < -0.39 is 5.41 Å². The number of oxime groups is 1. The molecule has 1 aromatic heterocycles. The largest absolute Gasteiger partial charge is 0.409 e. The average Bonchev–Trinajstić information content (AvgIpc) is 2.98. The molecule has 0 aliphatic rings. The van der Waals surface area contributed by atoms with Crippen LogP contribution in [0.2, 0.25) is 0 Å². The average molecular weight is 295 g/mol. The van der Waals surface area contributed by atoms with Gasteiger partial charge in [-0.25, -0.2) is 0 Å². The second-order valence-corrected chi connectivity index (χ2v) is 5.34. The normalized spacial score (nSPS) is 12.4. The molecule has 1 aromatic rings. The van der Waals surface area contributed by atoms with Crippen LogP contribution in [0.15, 0.2) is 17.5 Å². The predicted octanol–water partition coefficient (Wildman–Crippen LogP) is 1.70. The lowest BCUT2D eigenvalue weighted by Gasteiger charge is -2.34. The molecule has 7 heteroatoms. The summed E-state index contributed by atoms with van der Waals surface area (Å²) in [6, 6.07) is 0. The molecule has 118 valence electrons. The SMILES string of the molecule is CCCC(CCC)(C(=O)N(C)Cc1cn[nH]c1)C(N)=NO. The number of carbonyl (C=O) groups is 1. The van der Waals surface area contributed by atoms with Gasteiger partial charge in [0.1, 0.15) is 5.41 Å². The Bertz CT molecular complexity index is 464. The van der Waals surface area contributed by atoms with Crippen molar-refractivity contribution in [3.05, 3.63) is 18.0 Å². The number of aromatic nitrogens is 2. The van der Waals surface area contributed by atoms with Gasteiger partial charge in [0.2, 0.25) is 5.91 Å². The van der Waals surface area contributed by atoms with Crippen LogP contribution in [0.5, 0.6) is 0 Å². The van der Waals surface area contributed by atoms with Crippen LogP contribution < -0.4 is 5.73 Å². The number of nitrogens with zero attached hydrogens (tertiary/aromatic N) is 3. The maximum atomic E-state index is 12.9. The summed E-state index contributed by atoms with van der Waals surface area (Å²) < 4.78 is 0. The van der Waals surface area contributed by atoms with Gasteiger partial charge in [0.15, 0.2) is 5.84 Å². The lowest BCUT2D eigenvalue weighted by atomic mass is 9.76. The van der Waals surface area contributed by atoms with Crippen molar-refractivity contribution in [2.24, 2.45) is 16.3 Å². The molecule has 21 heavy (non-hydrogen) atoms. The first-order valence-electron chi connectivity index (χ1n) is 7.23. The number of rotatable bonds is 8. The van der Waals surface area contributed by atoms with Gasteiger partial charge >= 0.3 is 0 Å². The molecule has 4 N–H and O–H groups in total. The van der Waals surface area contributed by atoms with E-state index in [1.165, 1.54) is 0 Å². The molecule has 0 aromatic carbocycles. The van der Waals surface area contributed by atoms with E-state index in [2.05, 4.69) is 15.4 Å². The molecule has 0 aliphatic carbocycles. The maximum Gasteiger partial charge on any atom is 0.236 e. The molecular formula is C14H25N5O2. The molecule has 0 spiro atoms. The van der Waals surface area contributed by atoms with Gasteiger partial charge in [0, 0.05) is 25.4 Å². The number of nitrogens with one attached hydrogen (secondary N) is 1. The van der Waals surface area contributed by atoms with E-state index in [-0.39, 0.29) is 11.7 Å².